The largest absolute Gasteiger partial charge is 0.486 e. The average molecular weight is 379 g/mol. The van der Waals surface area contributed by atoms with E-state index in [1.54, 1.807) is 18.2 Å². The Morgan fingerprint density at radius 3 is 2.73 bits per heavy atom. The molecule has 0 bridgehead atoms. The smallest absolute Gasteiger partial charge is 0.244 e. The third kappa shape index (κ3) is 5.14. The molecule has 1 aliphatic carbocycles. The van der Waals surface area contributed by atoms with Crippen LogP contribution in [0.3, 0.4) is 0 Å². The summed E-state index contributed by atoms with van der Waals surface area (Å²) in [4.78, 5) is 23.8. The highest BCUT2D eigenvalue weighted by atomic mass is 35.5. The van der Waals surface area contributed by atoms with Crippen LogP contribution in [0.15, 0.2) is 18.2 Å². The van der Waals surface area contributed by atoms with Crippen molar-refractivity contribution in [2.24, 2.45) is 0 Å². The van der Waals surface area contributed by atoms with Gasteiger partial charge in [0.05, 0.1) is 11.6 Å². The summed E-state index contributed by atoms with van der Waals surface area (Å²) in [5.41, 5.74) is 0.723. The van der Waals surface area contributed by atoms with Crippen molar-refractivity contribution >= 4 is 29.5 Å². The van der Waals surface area contributed by atoms with Gasteiger partial charge in [0, 0.05) is 12.1 Å². The number of carbonyl (C=O) groups is 2. The van der Waals surface area contributed by atoms with Crippen molar-refractivity contribution < 1.29 is 19.1 Å². The molecule has 2 aliphatic rings. The first-order valence-electron chi connectivity index (χ1n) is 8.96. The van der Waals surface area contributed by atoms with E-state index in [0.717, 1.165) is 31.2 Å². The average Bonchev–Trinajstić information content (AvgIpc) is 2.65. The summed E-state index contributed by atoms with van der Waals surface area (Å²) in [5.74, 6) is 0.602. The van der Waals surface area contributed by atoms with Gasteiger partial charge in [-0.2, -0.15) is 0 Å². The third-order valence-electron chi connectivity index (χ3n) is 4.44. The summed E-state index contributed by atoms with van der Waals surface area (Å²) >= 11 is 6.17. The lowest BCUT2D eigenvalue weighted by Crippen LogP contribution is -2.42. The Balaban J connectivity index is 1.48. The molecule has 3 rings (SSSR count). The molecule has 7 heteroatoms. The topological polar surface area (TPSA) is 76.7 Å². The number of carbonyl (C=O) groups excluding carboxylic acids is 2. The van der Waals surface area contributed by atoms with Crippen LogP contribution in [0.5, 0.6) is 11.5 Å². The zero-order valence-electron chi connectivity index (χ0n) is 14.6. The first-order valence-corrected chi connectivity index (χ1v) is 9.34. The predicted octanol–water partition coefficient (Wildman–Crippen LogP) is 2.69. The maximum Gasteiger partial charge on any atom is 0.244 e. The molecule has 1 heterocycles. The van der Waals surface area contributed by atoms with Gasteiger partial charge >= 0.3 is 0 Å². The van der Waals surface area contributed by atoms with Crippen LogP contribution in [0.2, 0.25) is 5.02 Å². The molecule has 1 fully saturated rings. The molecule has 1 aromatic carbocycles. The molecule has 140 valence electrons. The molecule has 26 heavy (non-hydrogen) atoms. The lowest BCUT2D eigenvalue weighted by atomic mass is 9.95. The minimum atomic E-state index is -0.338. The van der Waals surface area contributed by atoms with Crippen LogP contribution in [-0.2, 0) is 9.59 Å². The van der Waals surface area contributed by atoms with Gasteiger partial charge in [0.25, 0.3) is 0 Å². The van der Waals surface area contributed by atoms with Gasteiger partial charge in [-0.15, -0.1) is 0 Å². The zero-order valence-corrected chi connectivity index (χ0v) is 15.3. The van der Waals surface area contributed by atoms with E-state index in [0.29, 0.717) is 29.7 Å². The minimum Gasteiger partial charge on any atom is -0.486 e. The number of rotatable bonds is 5. The number of halogens is 1. The highest BCUT2D eigenvalue weighted by Gasteiger charge is 2.17. The summed E-state index contributed by atoms with van der Waals surface area (Å²) < 4.78 is 11.0. The van der Waals surface area contributed by atoms with E-state index < -0.39 is 0 Å². The molecule has 0 saturated heterocycles. The Labute approximate surface area is 157 Å². The highest BCUT2D eigenvalue weighted by molar-refractivity contribution is 6.32. The highest BCUT2D eigenvalue weighted by Crippen LogP contribution is 2.38. The Hall–Kier alpha value is -2.21. The van der Waals surface area contributed by atoms with Gasteiger partial charge in [-0.25, -0.2) is 0 Å². The maximum absolute atomic E-state index is 11.9. The molecule has 0 atom stereocenters. The molecule has 0 spiro atoms. The Morgan fingerprint density at radius 2 is 1.92 bits per heavy atom. The molecule has 2 amide bonds. The molecule has 0 radical (unpaired) electrons. The van der Waals surface area contributed by atoms with E-state index in [1.165, 1.54) is 12.5 Å². The van der Waals surface area contributed by atoms with E-state index >= 15 is 0 Å². The van der Waals surface area contributed by atoms with E-state index in [-0.39, 0.29) is 24.4 Å². The van der Waals surface area contributed by atoms with Gasteiger partial charge < -0.3 is 20.1 Å². The fourth-order valence-corrected chi connectivity index (χ4v) is 3.42. The van der Waals surface area contributed by atoms with Crippen molar-refractivity contribution in [3.63, 3.8) is 0 Å². The summed E-state index contributed by atoms with van der Waals surface area (Å²) in [5, 5.41) is 6.00. The van der Waals surface area contributed by atoms with Crippen LogP contribution in [0.25, 0.3) is 6.08 Å². The van der Waals surface area contributed by atoms with Crippen LogP contribution < -0.4 is 20.1 Å². The number of hydrogen-bond donors (Lipinski definition) is 2. The first kappa shape index (κ1) is 18.6. The molecule has 1 aliphatic heterocycles. The number of ether oxygens (including phenoxy) is 2. The lowest BCUT2D eigenvalue weighted by Gasteiger charge is -2.22. The van der Waals surface area contributed by atoms with Crippen LogP contribution in [0.4, 0.5) is 0 Å². The van der Waals surface area contributed by atoms with Crippen LogP contribution in [0.1, 0.15) is 37.7 Å². The van der Waals surface area contributed by atoms with E-state index in [2.05, 4.69) is 10.6 Å². The second-order valence-electron chi connectivity index (χ2n) is 6.48. The molecule has 1 saturated carbocycles. The van der Waals surface area contributed by atoms with Gasteiger partial charge in [-0.1, -0.05) is 30.9 Å². The van der Waals surface area contributed by atoms with E-state index in [9.17, 15) is 9.59 Å². The number of amides is 2. The monoisotopic (exact) mass is 378 g/mol. The van der Waals surface area contributed by atoms with Gasteiger partial charge in [-0.05, 0) is 36.6 Å². The Kier molecular flexibility index (Phi) is 6.39. The number of fused-ring (bicyclic) bond motifs is 1. The quantitative estimate of drug-likeness (QED) is 0.772. The first-order chi connectivity index (χ1) is 12.6. The van der Waals surface area contributed by atoms with Crippen molar-refractivity contribution in [2.45, 2.75) is 38.1 Å². The second kappa shape index (κ2) is 8.94. The number of hydrogen-bond acceptors (Lipinski definition) is 4. The number of benzene rings is 1. The maximum atomic E-state index is 11.9. The van der Waals surface area contributed by atoms with Crippen LogP contribution in [0, 0.1) is 0 Å². The second-order valence-corrected chi connectivity index (χ2v) is 6.89. The van der Waals surface area contributed by atoms with Crippen molar-refractivity contribution in [3.8, 4) is 11.5 Å². The van der Waals surface area contributed by atoms with Gasteiger partial charge in [0.15, 0.2) is 11.5 Å². The molecule has 0 aromatic heterocycles. The van der Waals surface area contributed by atoms with Crippen LogP contribution >= 0.6 is 11.6 Å². The van der Waals surface area contributed by atoms with Crippen molar-refractivity contribution in [1.29, 1.82) is 0 Å². The van der Waals surface area contributed by atoms with Gasteiger partial charge in [-0.3, -0.25) is 9.59 Å². The van der Waals surface area contributed by atoms with E-state index in [4.69, 9.17) is 21.1 Å². The molecule has 1 aromatic rings. The minimum absolute atomic E-state index is 0.0262. The standard InChI is InChI=1S/C19H23ClN2O4/c20-15-10-13(11-16-19(15)26-9-8-25-16)6-7-17(23)21-12-18(24)22-14-4-2-1-3-5-14/h6-7,10-11,14H,1-5,8-9,12H2,(H,21,23)(H,22,24)/b7-6+. The third-order valence-corrected chi connectivity index (χ3v) is 4.72. The molecule has 6 nitrogen and oxygen atoms in total. The van der Waals surface area contributed by atoms with Crippen molar-refractivity contribution in [2.75, 3.05) is 19.8 Å². The fraction of sp³-hybridized carbons (Fsp3) is 0.474. The lowest BCUT2D eigenvalue weighted by molar-refractivity contribution is -0.124. The summed E-state index contributed by atoms with van der Waals surface area (Å²) in [6, 6.07) is 3.71. The molecular weight excluding hydrogens is 356 g/mol. The van der Waals surface area contributed by atoms with Crippen LogP contribution in [-0.4, -0.2) is 37.6 Å². The fourth-order valence-electron chi connectivity index (χ4n) is 3.15. The SMILES string of the molecule is O=C(/C=C/c1cc(Cl)c2c(c1)OCCO2)NCC(=O)NC1CCCCC1. The van der Waals surface area contributed by atoms with Crippen molar-refractivity contribution in [3.05, 3.63) is 28.8 Å². The van der Waals surface area contributed by atoms with E-state index in [1.807, 2.05) is 0 Å². The Morgan fingerprint density at radius 1 is 1.15 bits per heavy atom. The summed E-state index contributed by atoms with van der Waals surface area (Å²) in [6.07, 6.45) is 8.57. The predicted molar refractivity (Wildman–Crippen MR) is 99.5 cm³/mol. The van der Waals surface area contributed by atoms with Crippen molar-refractivity contribution in [1.82, 2.24) is 10.6 Å². The normalized spacial score (nSPS) is 17.1. The summed E-state index contributed by atoms with van der Waals surface area (Å²) in [6.45, 7) is 0.905. The van der Waals surface area contributed by atoms with Gasteiger partial charge in [0.1, 0.15) is 13.2 Å². The zero-order chi connectivity index (χ0) is 18.4. The molecule has 2 N–H and O–H groups in total. The molecule has 0 unspecified atom stereocenters. The van der Waals surface area contributed by atoms with Gasteiger partial charge in [0.2, 0.25) is 11.8 Å². The molecular formula is C19H23ClN2O4. The number of nitrogens with one attached hydrogen (secondary N) is 2. The summed E-state index contributed by atoms with van der Waals surface area (Å²) in [7, 11) is 0. The Bertz CT molecular complexity index is 699.